The Labute approximate surface area is 520 Å². The topological polar surface area (TPSA) is 329 Å². The molecule has 1 saturated heterocycles. The third-order valence-corrected chi connectivity index (χ3v) is 16.3. The molecule has 474 valence electrons. The predicted molar refractivity (Wildman–Crippen MR) is 341 cm³/mol. The molecule has 0 radical (unpaired) electrons. The van der Waals surface area contributed by atoms with Gasteiger partial charge >= 0.3 is 0 Å². The summed E-state index contributed by atoms with van der Waals surface area (Å²) in [5.41, 5.74) is 15.4. The number of carbonyl (C=O) groups is 9. The molecule has 8 atom stereocenters. The fraction of sp³-hybridized carbons (Fsp3) is 0.470. The second-order valence-electron chi connectivity index (χ2n) is 23.1. The fourth-order valence-corrected chi connectivity index (χ4v) is 11.3. The number of rotatable bonds is 36. The lowest BCUT2D eigenvalue weighted by atomic mass is 10.0. The second kappa shape index (κ2) is 35.5. The Balaban J connectivity index is 1.23. The Morgan fingerprint density at radius 1 is 0.614 bits per heavy atom. The van der Waals surface area contributed by atoms with E-state index in [0.29, 0.717) is 47.3 Å². The summed E-state index contributed by atoms with van der Waals surface area (Å²) in [5, 5.41) is 30.4. The van der Waals surface area contributed by atoms with Crippen LogP contribution in [0.1, 0.15) is 114 Å². The Morgan fingerprint density at radius 2 is 1.16 bits per heavy atom. The molecule has 2 heterocycles. The molecule has 6 rings (SSSR count). The Hall–Kier alpha value is -8.24. The molecule has 1 aromatic heterocycles. The number of benzene rings is 4. The molecule has 1 fully saturated rings. The number of para-hydroxylation sites is 1. The van der Waals surface area contributed by atoms with Crippen molar-refractivity contribution in [1.82, 2.24) is 47.1 Å². The van der Waals surface area contributed by atoms with Gasteiger partial charge in [-0.25, -0.2) is 0 Å². The number of phenolic OH excluding ortho intramolecular Hbond substituents is 1. The first-order chi connectivity index (χ1) is 42.3. The van der Waals surface area contributed by atoms with E-state index in [-0.39, 0.29) is 56.7 Å². The molecule has 4 aromatic carbocycles. The van der Waals surface area contributed by atoms with Gasteiger partial charge < -0.3 is 63.7 Å². The number of nitrogens with one attached hydrogen (secondary N) is 8. The highest BCUT2D eigenvalue weighted by Crippen LogP contribution is 2.24. The summed E-state index contributed by atoms with van der Waals surface area (Å²) >= 11 is 1.48. The van der Waals surface area contributed by atoms with E-state index in [4.69, 9.17) is 11.5 Å². The summed E-state index contributed by atoms with van der Waals surface area (Å²) in [6, 6.07) is 22.5. The van der Waals surface area contributed by atoms with E-state index in [2.05, 4.69) is 49.1 Å². The first-order valence-electron chi connectivity index (χ1n) is 30.7. The van der Waals surface area contributed by atoms with Gasteiger partial charge in [0.2, 0.25) is 53.2 Å². The molecule has 13 N–H and O–H groups in total. The van der Waals surface area contributed by atoms with Crippen LogP contribution < -0.4 is 48.7 Å². The van der Waals surface area contributed by atoms with E-state index in [1.807, 2.05) is 44.4 Å². The van der Waals surface area contributed by atoms with E-state index < -0.39 is 108 Å². The van der Waals surface area contributed by atoms with Crippen LogP contribution in [0.4, 0.5) is 0 Å². The minimum absolute atomic E-state index is 0.0250. The molecule has 0 spiro atoms. The number of nitrogens with two attached hydrogens (primary N) is 2. The number of nitrogens with zero attached hydrogens (tertiary/aromatic N) is 1. The Kier molecular flexibility index (Phi) is 27.8. The molecule has 21 nitrogen and oxygen atoms in total. The summed E-state index contributed by atoms with van der Waals surface area (Å²) in [7, 11) is 0. The minimum Gasteiger partial charge on any atom is -0.508 e. The monoisotopic (exact) mass is 1230 g/mol. The zero-order chi connectivity index (χ0) is 63.5. The average Bonchev–Trinajstić information content (AvgIpc) is 3.03. The number of hydrogen-bond donors (Lipinski definition) is 11. The Bertz CT molecular complexity index is 3090. The third kappa shape index (κ3) is 21.9. The van der Waals surface area contributed by atoms with Crippen LogP contribution in [-0.2, 0) is 68.8 Å². The van der Waals surface area contributed by atoms with Gasteiger partial charge in [0.1, 0.15) is 48.0 Å². The number of carbonyl (C=O) groups excluding carboxylic acids is 9. The molecule has 2 unspecified atom stereocenters. The zero-order valence-electron chi connectivity index (χ0n) is 51.0. The third-order valence-electron chi connectivity index (χ3n) is 15.7. The highest BCUT2D eigenvalue weighted by Gasteiger charge is 2.40. The van der Waals surface area contributed by atoms with Crippen LogP contribution in [-0.4, -0.2) is 142 Å². The Morgan fingerprint density at radius 3 is 1.78 bits per heavy atom. The van der Waals surface area contributed by atoms with Gasteiger partial charge in [0.15, 0.2) is 0 Å². The number of likely N-dealkylation sites (tertiary alicyclic amines) is 1. The zero-order valence-corrected chi connectivity index (χ0v) is 51.8. The number of amides is 9. The van der Waals surface area contributed by atoms with E-state index in [9.17, 15) is 43.5 Å². The lowest BCUT2D eigenvalue weighted by Gasteiger charge is -2.31. The lowest BCUT2D eigenvalue weighted by Crippen LogP contribution is -2.60. The van der Waals surface area contributed by atoms with E-state index in [1.54, 1.807) is 79.0 Å². The molecule has 22 heteroatoms. The number of phenols is 1. The minimum atomic E-state index is -1.34. The normalized spacial score (nSPS) is 15.4. The molecule has 0 aliphatic carbocycles. The van der Waals surface area contributed by atoms with Gasteiger partial charge in [-0.05, 0) is 90.5 Å². The number of hydrogen-bond acceptors (Lipinski definition) is 12. The van der Waals surface area contributed by atoms with Crippen LogP contribution in [0.3, 0.4) is 0 Å². The van der Waals surface area contributed by atoms with Gasteiger partial charge in [-0.15, -0.1) is 0 Å². The van der Waals surface area contributed by atoms with Crippen LogP contribution in [0.5, 0.6) is 5.75 Å². The van der Waals surface area contributed by atoms with Gasteiger partial charge in [0.05, 0.1) is 12.6 Å². The summed E-state index contributed by atoms with van der Waals surface area (Å²) in [6.45, 7) is 5.47. The molecule has 0 saturated carbocycles. The van der Waals surface area contributed by atoms with E-state index in [1.165, 1.54) is 28.8 Å². The number of H-pyrrole nitrogens is 1. The molecule has 1 aliphatic rings. The number of aromatic amines is 1. The van der Waals surface area contributed by atoms with Crippen LogP contribution in [0, 0.1) is 5.92 Å². The molecule has 88 heavy (non-hydrogen) atoms. The summed E-state index contributed by atoms with van der Waals surface area (Å²) in [6.07, 6.45) is 11.2. The number of primary amides is 1. The summed E-state index contributed by atoms with van der Waals surface area (Å²) < 4.78 is 0. The van der Waals surface area contributed by atoms with Crippen LogP contribution in [0.15, 0.2) is 115 Å². The molecule has 0 bridgehead atoms. The maximum Gasteiger partial charge on any atom is 0.246 e. The van der Waals surface area contributed by atoms with Gasteiger partial charge in [-0.2, -0.15) is 11.8 Å². The lowest BCUT2D eigenvalue weighted by molar-refractivity contribution is -0.142. The number of fused-ring (bicyclic) bond motifs is 1. The number of unbranched alkanes of at least 4 members (excludes halogenated alkanes) is 5. The van der Waals surface area contributed by atoms with Crippen LogP contribution in [0.25, 0.3) is 10.9 Å². The summed E-state index contributed by atoms with van der Waals surface area (Å²) in [5.74, 6) is -5.39. The van der Waals surface area contributed by atoms with Crippen molar-refractivity contribution in [2.75, 3.05) is 25.1 Å². The molecular formula is C66H89N11O10S. The first kappa shape index (κ1) is 68.9. The van der Waals surface area contributed by atoms with Gasteiger partial charge in [-0.3, -0.25) is 43.2 Å². The van der Waals surface area contributed by atoms with Crippen molar-refractivity contribution >= 4 is 75.8 Å². The van der Waals surface area contributed by atoms with Crippen LogP contribution in [0.2, 0.25) is 0 Å². The highest BCUT2D eigenvalue weighted by atomic mass is 32.2. The number of aromatic hydroxyl groups is 1. The predicted octanol–water partition coefficient (Wildman–Crippen LogP) is 4.52. The number of aromatic nitrogens is 1. The van der Waals surface area contributed by atoms with Crippen LogP contribution >= 0.6 is 11.8 Å². The van der Waals surface area contributed by atoms with Crippen molar-refractivity contribution < 1.29 is 48.3 Å². The molecule has 9 amide bonds. The van der Waals surface area contributed by atoms with Crippen molar-refractivity contribution in [1.29, 1.82) is 0 Å². The van der Waals surface area contributed by atoms with Crippen molar-refractivity contribution in [3.63, 3.8) is 0 Å². The fourth-order valence-electron chi connectivity index (χ4n) is 10.8. The first-order valence-corrected chi connectivity index (χ1v) is 32.1. The maximum absolute atomic E-state index is 15.1. The molecule has 5 aromatic rings. The molecular weight excluding hydrogens is 1140 g/mol. The molecule has 1 aliphatic heterocycles. The van der Waals surface area contributed by atoms with Crippen molar-refractivity contribution in [3.8, 4) is 5.75 Å². The summed E-state index contributed by atoms with van der Waals surface area (Å²) in [4.78, 5) is 132. The average molecular weight is 1230 g/mol. The van der Waals surface area contributed by atoms with E-state index >= 15 is 4.79 Å². The largest absolute Gasteiger partial charge is 0.508 e. The van der Waals surface area contributed by atoms with Gasteiger partial charge in [0, 0.05) is 49.3 Å². The van der Waals surface area contributed by atoms with Crippen molar-refractivity contribution in [3.05, 3.63) is 138 Å². The standard InChI is InChI=1S/C66H89N11O10S/c1-5-6-7-8-9-16-25-49(67)60(81)76-56(38-45-28-30-47(78)31-29-45)66(87)77-33-19-27-57(77)65(86)75-55(39-46-40-69-50-26-18-17-24-48(46)50)64(85)74-54(37-44-22-14-11-15-23-44)63(84)73-53(36-43-20-12-10-13-21-43)61(82)70-41-58(79)71-52(35-42(2)3)62(83)72-51(59(68)80)32-34-88-4/h10-15,17-18,20-24,26,28-31,40,42,49,51-57,69,78H,5-9,16,19,25,27,32-39,41,67H2,1-4H3,(H2,68,80)(H,70,82)(H,71,79)(H,72,83)(H,73,84)(H,74,85)(H,75,86)(H,76,81)/t49?,51-,52-,53-,54-,55-,56?,57-/m0/s1. The highest BCUT2D eigenvalue weighted by molar-refractivity contribution is 7.98. The van der Waals surface area contributed by atoms with Crippen molar-refractivity contribution in [2.45, 2.75) is 165 Å². The second-order valence-corrected chi connectivity index (χ2v) is 24.1. The number of thioether (sulfide) groups is 1. The van der Waals surface area contributed by atoms with E-state index in [0.717, 1.165) is 49.4 Å². The smallest absolute Gasteiger partial charge is 0.246 e. The quantitative estimate of drug-likeness (QED) is 0.0247. The van der Waals surface area contributed by atoms with Gasteiger partial charge in [-0.1, -0.05) is 150 Å². The maximum atomic E-state index is 15.1. The van der Waals surface area contributed by atoms with Gasteiger partial charge in [0.25, 0.3) is 0 Å². The SMILES string of the molecule is CCCCCCCCC(N)C(=O)NC(Cc1ccc(O)cc1)C(=O)N1CCC[C@H]1C(=O)N[C@@H](Cc1c[nH]c2ccccc12)C(=O)N[C@@H](Cc1ccccc1)C(=O)N[C@@H](Cc1ccccc1)C(=O)NCC(=O)N[C@@H](CC(C)C)C(=O)N[C@@H](CCSC)C(N)=O. The van der Waals surface area contributed by atoms with Crippen molar-refractivity contribution in [2.24, 2.45) is 17.4 Å².